The summed E-state index contributed by atoms with van der Waals surface area (Å²) in [7, 11) is 0. The van der Waals surface area contributed by atoms with Gasteiger partial charge in [0, 0.05) is 0 Å². The molecule has 4 heteroatoms. The van der Waals surface area contributed by atoms with Gasteiger partial charge >= 0.3 is 114 Å². The average molecular weight is 450 g/mol. The Morgan fingerprint density at radius 2 is 1.59 bits per heavy atom. The van der Waals surface area contributed by atoms with Crippen LogP contribution in [0.2, 0.25) is 17.0 Å². The van der Waals surface area contributed by atoms with Crippen LogP contribution in [0.3, 0.4) is 0 Å². The maximum atomic E-state index is 12.0. The van der Waals surface area contributed by atoms with E-state index in [1.54, 1.807) is 24.3 Å². The quantitative estimate of drug-likeness (QED) is 0.618. The molecule has 0 spiro atoms. The Hall–Kier alpha value is -0.0979. The summed E-state index contributed by atoms with van der Waals surface area (Å²) in [5.74, 6) is -0.172. The topological polar surface area (TPSA) is 26.3 Å². The Kier molecular flexibility index (Phi) is 5.93. The van der Waals surface area contributed by atoms with Crippen molar-refractivity contribution < 1.29 is 7.48 Å². The van der Waals surface area contributed by atoms with Crippen LogP contribution in [0.15, 0.2) is 24.3 Å². The first kappa shape index (κ1) is 15.0. The van der Waals surface area contributed by atoms with E-state index in [2.05, 4.69) is 20.8 Å². The van der Waals surface area contributed by atoms with Crippen molar-refractivity contribution in [3.63, 3.8) is 0 Å². The summed E-state index contributed by atoms with van der Waals surface area (Å²) < 4.78 is 9.02. The molecule has 0 amide bonds. The van der Waals surface area contributed by atoms with Crippen LogP contribution in [-0.2, 0) is 2.69 Å². The Bertz CT molecular complexity index is 363. The molecular weight excluding hydrogens is 431 g/mol. The van der Waals surface area contributed by atoms with E-state index in [4.69, 9.17) is 14.3 Å². The summed E-state index contributed by atoms with van der Waals surface area (Å²) in [6.45, 7) is 6.43. The van der Waals surface area contributed by atoms with Gasteiger partial charge in [-0.25, -0.2) is 0 Å². The van der Waals surface area contributed by atoms with Crippen LogP contribution in [0.5, 0.6) is 0 Å². The van der Waals surface area contributed by atoms with Crippen LogP contribution in [0, 0.1) is 0 Å². The molecule has 0 radical (unpaired) electrons. The fraction of sp³-hybridized carbons (Fsp3) is 0.462. The molecule has 0 saturated carbocycles. The molecule has 0 N–H and O–H groups in total. The molecule has 0 unspecified atom stereocenters. The minimum atomic E-state index is -2.77. The van der Waals surface area contributed by atoms with Crippen molar-refractivity contribution in [2.24, 2.45) is 0 Å². The Labute approximate surface area is 114 Å². The standard InChI is InChI=1S/C7H5ClO2.3C2H5.Pb/c8-6-3-1-5(2-4-6)7(9)10;3*1-2;/h1-4H,(H,9,10);3*1H2,2H3;/q;;;;+1/p-1. The molecule has 0 aliphatic carbocycles. The van der Waals surface area contributed by atoms with Gasteiger partial charge in [0.25, 0.3) is 0 Å². The summed E-state index contributed by atoms with van der Waals surface area (Å²) in [5.41, 5.74) is 0.606. The van der Waals surface area contributed by atoms with Gasteiger partial charge in [0.05, 0.1) is 0 Å². The van der Waals surface area contributed by atoms with Crippen molar-refractivity contribution >= 4 is 39.2 Å². The molecular formula is C13H19ClO2Pb. The van der Waals surface area contributed by atoms with E-state index in [1.165, 1.54) is 0 Å². The molecule has 0 aromatic heterocycles. The first-order valence-electron chi connectivity index (χ1n) is 6.05. The Morgan fingerprint density at radius 1 is 1.12 bits per heavy atom. The number of carbonyl (C=O) groups is 1. The van der Waals surface area contributed by atoms with E-state index < -0.39 is 21.6 Å². The normalized spacial score (nSPS) is 11.3. The van der Waals surface area contributed by atoms with E-state index in [1.807, 2.05) is 0 Å². The predicted octanol–water partition coefficient (Wildman–Crippen LogP) is 4.50. The molecule has 1 aromatic rings. The van der Waals surface area contributed by atoms with E-state index in [0.29, 0.717) is 10.6 Å². The molecule has 0 atom stereocenters. The zero-order valence-corrected chi connectivity index (χ0v) is 15.3. The van der Waals surface area contributed by atoms with Crippen LogP contribution >= 0.6 is 11.6 Å². The number of hydrogen-bond acceptors (Lipinski definition) is 2. The van der Waals surface area contributed by atoms with E-state index in [0.717, 1.165) is 11.9 Å². The van der Waals surface area contributed by atoms with Crippen LogP contribution in [0.4, 0.5) is 0 Å². The van der Waals surface area contributed by atoms with Gasteiger partial charge in [-0.1, -0.05) is 0 Å². The molecule has 17 heavy (non-hydrogen) atoms. The molecule has 0 aliphatic heterocycles. The third kappa shape index (κ3) is 3.95. The second-order valence-electron chi connectivity index (χ2n) is 4.14. The first-order chi connectivity index (χ1) is 8.06. The average Bonchev–Trinajstić information content (AvgIpc) is 2.37. The van der Waals surface area contributed by atoms with E-state index >= 15 is 0 Å². The molecule has 0 bridgehead atoms. The molecule has 0 saturated heterocycles. The number of halogens is 1. The van der Waals surface area contributed by atoms with Gasteiger partial charge in [-0.3, -0.25) is 0 Å². The van der Waals surface area contributed by atoms with Gasteiger partial charge in [0.1, 0.15) is 0 Å². The third-order valence-electron chi connectivity index (χ3n) is 3.32. The zero-order valence-electron chi connectivity index (χ0n) is 10.6. The second-order valence-corrected chi connectivity index (χ2v) is 22.8. The van der Waals surface area contributed by atoms with Crippen molar-refractivity contribution in [3.8, 4) is 0 Å². The minimum absolute atomic E-state index is 0.172. The number of carbonyl (C=O) groups excluding carboxylic acids is 1. The van der Waals surface area contributed by atoms with Crippen LogP contribution in [-0.4, -0.2) is 27.6 Å². The summed E-state index contributed by atoms with van der Waals surface area (Å²) >= 11 is 3.02. The van der Waals surface area contributed by atoms with Gasteiger partial charge in [-0.05, 0) is 0 Å². The molecule has 0 heterocycles. The van der Waals surface area contributed by atoms with E-state index in [-0.39, 0.29) is 5.97 Å². The fourth-order valence-corrected chi connectivity index (χ4v) is 11.4. The van der Waals surface area contributed by atoms with Gasteiger partial charge in [0.2, 0.25) is 0 Å². The van der Waals surface area contributed by atoms with Crippen molar-refractivity contribution in [3.05, 3.63) is 34.9 Å². The van der Waals surface area contributed by atoms with Gasteiger partial charge in [-0.2, -0.15) is 0 Å². The van der Waals surface area contributed by atoms with Crippen LogP contribution < -0.4 is 0 Å². The monoisotopic (exact) mass is 450 g/mol. The molecule has 1 rings (SSSR count). The van der Waals surface area contributed by atoms with Crippen molar-refractivity contribution in [1.29, 1.82) is 0 Å². The summed E-state index contributed by atoms with van der Waals surface area (Å²) in [6.07, 6.45) is 0. The molecule has 1 aromatic carbocycles. The first-order valence-corrected chi connectivity index (χ1v) is 16.3. The third-order valence-corrected chi connectivity index (χ3v) is 21.0. The predicted molar refractivity (Wildman–Crippen MR) is 74.1 cm³/mol. The number of benzene rings is 1. The van der Waals surface area contributed by atoms with E-state index in [9.17, 15) is 4.79 Å². The van der Waals surface area contributed by atoms with Crippen molar-refractivity contribution in [1.82, 2.24) is 0 Å². The summed E-state index contributed by atoms with van der Waals surface area (Å²) in [4.78, 5) is 12.0. The fourth-order valence-electron chi connectivity index (χ4n) is 1.81. The molecule has 94 valence electrons. The van der Waals surface area contributed by atoms with Gasteiger partial charge in [-0.15, -0.1) is 0 Å². The zero-order chi connectivity index (χ0) is 12.9. The second kappa shape index (κ2) is 6.73. The summed E-state index contributed by atoms with van der Waals surface area (Å²) in [5, 5.41) is 0.638. The van der Waals surface area contributed by atoms with Crippen molar-refractivity contribution in [2.45, 2.75) is 32.7 Å². The SMILES string of the molecule is C[CH2][Pb]([CH2]C)([CH2]C)[O]C(=O)c1ccc(Cl)cc1. The van der Waals surface area contributed by atoms with Crippen LogP contribution in [0.1, 0.15) is 31.1 Å². The molecule has 2 nitrogen and oxygen atoms in total. The molecule has 0 aliphatic rings. The summed E-state index contributed by atoms with van der Waals surface area (Å²) in [6, 6.07) is 6.90. The number of rotatable bonds is 5. The number of hydrogen-bond donors (Lipinski definition) is 0. The Morgan fingerprint density at radius 3 is 2.00 bits per heavy atom. The van der Waals surface area contributed by atoms with Gasteiger partial charge < -0.3 is 0 Å². The maximum absolute atomic E-state index is 12.0. The van der Waals surface area contributed by atoms with Crippen molar-refractivity contribution in [2.75, 3.05) is 0 Å². The van der Waals surface area contributed by atoms with Gasteiger partial charge in [0.15, 0.2) is 0 Å². The Balaban J connectivity index is 2.81. The van der Waals surface area contributed by atoms with Crippen LogP contribution in [0.25, 0.3) is 0 Å². The molecule has 0 fully saturated rings.